The summed E-state index contributed by atoms with van der Waals surface area (Å²) in [6.07, 6.45) is 1.29. The Labute approximate surface area is 120 Å². The fraction of sp³-hybridized carbons (Fsp3) is 0.857. The summed E-state index contributed by atoms with van der Waals surface area (Å²) < 4.78 is 5.19. The molecule has 0 bridgehead atoms. The van der Waals surface area contributed by atoms with Crippen molar-refractivity contribution in [2.45, 2.75) is 33.6 Å². The van der Waals surface area contributed by atoms with Crippen LogP contribution < -0.4 is 5.32 Å². The normalized spacial score (nSPS) is 22.3. The zero-order chi connectivity index (χ0) is 15.2. The van der Waals surface area contributed by atoms with Gasteiger partial charge < -0.3 is 20.1 Å². The van der Waals surface area contributed by atoms with Crippen molar-refractivity contribution in [2.75, 3.05) is 32.8 Å². The van der Waals surface area contributed by atoms with Gasteiger partial charge in [0.2, 0.25) is 0 Å². The van der Waals surface area contributed by atoms with Crippen molar-refractivity contribution in [3.05, 3.63) is 0 Å². The lowest BCUT2D eigenvalue weighted by Gasteiger charge is -2.28. The van der Waals surface area contributed by atoms with Crippen LogP contribution in [-0.4, -0.2) is 54.9 Å². The average Bonchev–Trinajstić information content (AvgIpc) is 2.84. The molecule has 6 nitrogen and oxygen atoms in total. The molecule has 1 atom stereocenters. The SMILES string of the molecule is CCOCCCNC(=O)N1CCC(C(=O)O)(C(C)C)C1. The van der Waals surface area contributed by atoms with Crippen LogP contribution in [0.4, 0.5) is 4.79 Å². The molecule has 0 radical (unpaired) electrons. The molecule has 20 heavy (non-hydrogen) atoms. The Hall–Kier alpha value is -1.30. The first-order valence-corrected chi connectivity index (χ1v) is 7.28. The van der Waals surface area contributed by atoms with Gasteiger partial charge in [0.15, 0.2) is 0 Å². The van der Waals surface area contributed by atoms with E-state index >= 15 is 0 Å². The van der Waals surface area contributed by atoms with E-state index in [0.29, 0.717) is 32.7 Å². The van der Waals surface area contributed by atoms with Gasteiger partial charge in [-0.3, -0.25) is 4.79 Å². The predicted octanol–water partition coefficient (Wildman–Crippen LogP) is 1.56. The number of hydrogen-bond acceptors (Lipinski definition) is 3. The summed E-state index contributed by atoms with van der Waals surface area (Å²) in [5.74, 6) is -0.796. The molecule has 0 saturated carbocycles. The number of carbonyl (C=O) groups excluding carboxylic acids is 1. The highest BCUT2D eigenvalue weighted by molar-refractivity contribution is 5.80. The Morgan fingerprint density at radius 1 is 1.45 bits per heavy atom. The maximum Gasteiger partial charge on any atom is 0.317 e. The number of nitrogens with zero attached hydrogens (tertiary/aromatic N) is 1. The number of rotatable bonds is 7. The van der Waals surface area contributed by atoms with Gasteiger partial charge in [0.25, 0.3) is 0 Å². The third-order valence-electron chi connectivity index (χ3n) is 4.06. The van der Waals surface area contributed by atoms with Gasteiger partial charge in [-0.2, -0.15) is 0 Å². The van der Waals surface area contributed by atoms with Crippen LogP contribution in [0.15, 0.2) is 0 Å². The van der Waals surface area contributed by atoms with Crippen LogP contribution in [-0.2, 0) is 9.53 Å². The summed E-state index contributed by atoms with van der Waals surface area (Å²) in [7, 11) is 0. The number of hydrogen-bond donors (Lipinski definition) is 2. The van der Waals surface area contributed by atoms with Crippen molar-refractivity contribution in [3.63, 3.8) is 0 Å². The van der Waals surface area contributed by atoms with Gasteiger partial charge in [-0.15, -0.1) is 0 Å². The molecule has 1 rings (SSSR count). The number of urea groups is 1. The third-order valence-corrected chi connectivity index (χ3v) is 4.06. The van der Waals surface area contributed by atoms with Crippen molar-refractivity contribution in [1.29, 1.82) is 0 Å². The molecular weight excluding hydrogens is 260 g/mol. The number of carboxylic acid groups (broad SMARTS) is 1. The van der Waals surface area contributed by atoms with Crippen LogP contribution in [0.25, 0.3) is 0 Å². The minimum absolute atomic E-state index is 0.00996. The summed E-state index contributed by atoms with van der Waals surface area (Å²) >= 11 is 0. The highest BCUT2D eigenvalue weighted by Gasteiger charge is 2.48. The van der Waals surface area contributed by atoms with Crippen LogP contribution in [0, 0.1) is 11.3 Å². The van der Waals surface area contributed by atoms with Gasteiger partial charge in [0, 0.05) is 32.8 Å². The second-order valence-electron chi connectivity index (χ2n) is 5.57. The third kappa shape index (κ3) is 3.85. The number of carbonyl (C=O) groups is 2. The number of nitrogens with one attached hydrogen (secondary N) is 1. The van der Waals surface area contributed by atoms with E-state index < -0.39 is 11.4 Å². The van der Waals surface area contributed by atoms with Crippen molar-refractivity contribution >= 4 is 12.0 Å². The molecule has 2 amide bonds. The predicted molar refractivity (Wildman–Crippen MR) is 75.6 cm³/mol. The smallest absolute Gasteiger partial charge is 0.317 e. The lowest BCUT2D eigenvalue weighted by Crippen LogP contribution is -2.44. The average molecular weight is 286 g/mol. The Balaban J connectivity index is 2.42. The monoisotopic (exact) mass is 286 g/mol. The molecule has 1 heterocycles. The minimum Gasteiger partial charge on any atom is -0.481 e. The number of likely N-dealkylation sites (tertiary alicyclic amines) is 1. The van der Waals surface area contributed by atoms with Crippen LogP contribution in [0.5, 0.6) is 0 Å². The molecule has 1 saturated heterocycles. The molecule has 0 aromatic rings. The van der Waals surface area contributed by atoms with Crippen LogP contribution in [0.3, 0.4) is 0 Å². The molecule has 1 aliphatic rings. The second kappa shape index (κ2) is 7.47. The van der Waals surface area contributed by atoms with E-state index in [2.05, 4.69) is 5.32 Å². The molecule has 1 aliphatic heterocycles. The molecular formula is C14H26N2O4. The summed E-state index contributed by atoms with van der Waals surface area (Å²) in [4.78, 5) is 25.1. The summed E-state index contributed by atoms with van der Waals surface area (Å²) in [5.41, 5.74) is -0.803. The van der Waals surface area contributed by atoms with Gasteiger partial charge in [-0.1, -0.05) is 13.8 Å². The highest BCUT2D eigenvalue weighted by atomic mass is 16.5. The lowest BCUT2D eigenvalue weighted by atomic mass is 9.76. The largest absolute Gasteiger partial charge is 0.481 e. The lowest BCUT2D eigenvalue weighted by molar-refractivity contribution is -0.150. The Bertz CT molecular complexity index is 346. The topological polar surface area (TPSA) is 78.9 Å². The van der Waals surface area contributed by atoms with Crippen molar-refractivity contribution in [1.82, 2.24) is 10.2 Å². The van der Waals surface area contributed by atoms with Crippen molar-refractivity contribution < 1.29 is 19.4 Å². The number of aliphatic carboxylic acids is 1. The fourth-order valence-electron chi connectivity index (χ4n) is 2.52. The van der Waals surface area contributed by atoms with Crippen molar-refractivity contribution in [2.24, 2.45) is 11.3 Å². The zero-order valence-electron chi connectivity index (χ0n) is 12.6. The first kappa shape index (κ1) is 16.8. The fourth-order valence-corrected chi connectivity index (χ4v) is 2.52. The van der Waals surface area contributed by atoms with E-state index in [1.807, 2.05) is 20.8 Å². The van der Waals surface area contributed by atoms with E-state index in [1.54, 1.807) is 4.90 Å². The van der Waals surface area contributed by atoms with Gasteiger partial charge in [0.1, 0.15) is 0 Å². The highest BCUT2D eigenvalue weighted by Crippen LogP contribution is 2.38. The number of amides is 2. The standard InChI is InChI=1S/C14H26N2O4/c1-4-20-9-5-7-15-13(19)16-8-6-14(10-16,11(2)3)12(17)18/h11H,4-10H2,1-3H3,(H,15,19)(H,17,18). The van der Waals surface area contributed by atoms with Gasteiger partial charge in [-0.05, 0) is 25.7 Å². The molecule has 2 N–H and O–H groups in total. The Morgan fingerprint density at radius 2 is 2.15 bits per heavy atom. The van der Waals surface area contributed by atoms with Gasteiger partial charge in [0.05, 0.1) is 5.41 Å². The molecule has 1 fully saturated rings. The summed E-state index contributed by atoms with van der Waals surface area (Å²) in [5, 5.41) is 12.2. The van der Waals surface area contributed by atoms with E-state index in [9.17, 15) is 14.7 Å². The maximum absolute atomic E-state index is 12.0. The summed E-state index contributed by atoms with van der Waals surface area (Å²) in [6, 6.07) is -0.176. The molecule has 1 unspecified atom stereocenters. The molecule has 116 valence electrons. The molecule has 0 aliphatic carbocycles. The number of carboxylic acids is 1. The van der Waals surface area contributed by atoms with E-state index in [0.717, 1.165) is 6.42 Å². The molecule has 0 aromatic heterocycles. The van der Waals surface area contributed by atoms with E-state index in [-0.39, 0.29) is 18.5 Å². The van der Waals surface area contributed by atoms with Crippen molar-refractivity contribution in [3.8, 4) is 0 Å². The quantitative estimate of drug-likeness (QED) is 0.696. The van der Waals surface area contributed by atoms with E-state index in [4.69, 9.17) is 4.74 Å². The Kier molecular flexibility index (Phi) is 6.26. The van der Waals surface area contributed by atoms with Gasteiger partial charge in [-0.25, -0.2) is 4.79 Å². The molecule has 6 heteroatoms. The first-order chi connectivity index (χ1) is 9.44. The minimum atomic E-state index is -0.806. The second-order valence-corrected chi connectivity index (χ2v) is 5.57. The van der Waals surface area contributed by atoms with Crippen LogP contribution in [0.2, 0.25) is 0 Å². The first-order valence-electron chi connectivity index (χ1n) is 7.28. The Morgan fingerprint density at radius 3 is 2.65 bits per heavy atom. The number of ether oxygens (including phenoxy) is 1. The van der Waals surface area contributed by atoms with E-state index in [1.165, 1.54) is 0 Å². The van der Waals surface area contributed by atoms with Crippen LogP contribution in [0.1, 0.15) is 33.6 Å². The van der Waals surface area contributed by atoms with Gasteiger partial charge >= 0.3 is 12.0 Å². The molecule has 0 aromatic carbocycles. The zero-order valence-corrected chi connectivity index (χ0v) is 12.6. The summed E-state index contributed by atoms with van der Waals surface area (Å²) in [6.45, 7) is 8.38. The maximum atomic E-state index is 12.0. The van der Waals surface area contributed by atoms with Crippen LogP contribution >= 0.6 is 0 Å². The molecule has 0 spiro atoms.